The Morgan fingerprint density at radius 2 is 1.59 bits per heavy atom. The summed E-state index contributed by atoms with van der Waals surface area (Å²) in [7, 11) is 3.45. The molecule has 0 saturated carbocycles. The van der Waals surface area contributed by atoms with E-state index in [1.165, 1.54) is 16.7 Å². The second-order valence-corrected chi connectivity index (χ2v) is 5.91. The molecule has 1 rings (SSSR count). The van der Waals surface area contributed by atoms with Crippen molar-refractivity contribution in [1.82, 2.24) is 0 Å². The standard InChI is InChI=1S/C20H30O2/c1-7-17-13-19(21-5)18(20(14-17)22-6)12-11-16(4)10-8-9-15(2)3/h9,11,13-14H,7-8,10,12H2,1-6H3/b16-11+. The molecule has 0 radical (unpaired) electrons. The number of ether oxygens (including phenoxy) is 2. The first kappa shape index (κ1) is 18.3. The van der Waals surface area contributed by atoms with Gasteiger partial charge in [0.1, 0.15) is 11.5 Å². The van der Waals surface area contributed by atoms with Crippen molar-refractivity contribution < 1.29 is 9.47 Å². The van der Waals surface area contributed by atoms with Gasteiger partial charge >= 0.3 is 0 Å². The van der Waals surface area contributed by atoms with E-state index in [4.69, 9.17) is 9.47 Å². The van der Waals surface area contributed by atoms with E-state index >= 15 is 0 Å². The SMILES string of the molecule is CCc1cc(OC)c(C/C=C(\C)CCC=C(C)C)c(OC)c1. The van der Waals surface area contributed by atoms with Crippen LogP contribution in [0, 0.1) is 0 Å². The van der Waals surface area contributed by atoms with E-state index in [-0.39, 0.29) is 0 Å². The second kappa shape index (κ2) is 9.34. The molecule has 0 bridgehead atoms. The van der Waals surface area contributed by atoms with Gasteiger partial charge in [-0.15, -0.1) is 0 Å². The molecule has 122 valence electrons. The normalized spacial score (nSPS) is 11.3. The first-order valence-corrected chi connectivity index (χ1v) is 8.04. The summed E-state index contributed by atoms with van der Waals surface area (Å²) in [4.78, 5) is 0. The van der Waals surface area contributed by atoms with Gasteiger partial charge in [-0.2, -0.15) is 0 Å². The van der Waals surface area contributed by atoms with Crippen LogP contribution in [-0.4, -0.2) is 14.2 Å². The van der Waals surface area contributed by atoms with E-state index in [0.717, 1.165) is 42.7 Å². The minimum Gasteiger partial charge on any atom is -0.496 e. The highest BCUT2D eigenvalue weighted by molar-refractivity contribution is 5.49. The van der Waals surface area contributed by atoms with Gasteiger partial charge in [-0.1, -0.05) is 30.2 Å². The molecule has 22 heavy (non-hydrogen) atoms. The highest BCUT2D eigenvalue weighted by Crippen LogP contribution is 2.32. The predicted molar refractivity (Wildman–Crippen MR) is 95.1 cm³/mol. The van der Waals surface area contributed by atoms with E-state index in [0.29, 0.717) is 0 Å². The third-order valence-corrected chi connectivity index (χ3v) is 3.82. The number of aryl methyl sites for hydroxylation is 1. The van der Waals surface area contributed by atoms with Gasteiger partial charge in [0.2, 0.25) is 0 Å². The predicted octanol–water partition coefficient (Wildman–Crippen LogP) is 5.50. The zero-order valence-electron chi connectivity index (χ0n) is 15.0. The van der Waals surface area contributed by atoms with Gasteiger partial charge in [-0.05, 0) is 64.2 Å². The molecule has 0 fully saturated rings. The maximum atomic E-state index is 5.56. The summed E-state index contributed by atoms with van der Waals surface area (Å²) < 4.78 is 11.1. The molecular formula is C20H30O2. The highest BCUT2D eigenvalue weighted by Gasteiger charge is 2.11. The quantitative estimate of drug-likeness (QED) is 0.590. The van der Waals surface area contributed by atoms with Crippen LogP contribution in [0.4, 0.5) is 0 Å². The first-order chi connectivity index (χ1) is 10.5. The summed E-state index contributed by atoms with van der Waals surface area (Å²) in [6.07, 6.45) is 8.59. The van der Waals surface area contributed by atoms with Gasteiger partial charge in [-0.3, -0.25) is 0 Å². The van der Waals surface area contributed by atoms with Gasteiger partial charge in [0.05, 0.1) is 14.2 Å². The molecule has 2 heteroatoms. The van der Waals surface area contributed by atoms with Gasteiger partial charge in [-0.25, -0.2) is 0 Å². The van der Waals surface area contributed by atoms with Crippen LogP contribution in [-0.2, 0) is 12.8 Å². The number of hydrogen-bond acceptors (Lipinski definition) is 2. The van der Waals surface area contributed by atoms with Crippen LogP contribution >= 0.6 is 0 Å². The average Bonchev–Trinajstić information content (AvgIpc) is 2.51. The number of rotatable bonds is 8. The van der Waals surface area contributed by atoms with E-state index in [9.17, 15) is 0 Å². The van der Waals surface area contributed by atoms with Crippen LogP contribution in [0.15, 0.2) is 35.4 Å². The van der Waals surface area contributed by atoms with Gasteiger partial charge in [0.15, 0.2) is 0 Å². The minimum atomic E-state index is 0.844. The van der Waals surface area contributed by atoms with Crippen molar-refractivity contribution in [3.05, 3.63) is 46.6 Å². The molecule has 2 nitrogen and oxygen atoms in total. The number of benzene rings is 1. The third-order valence-electron chi connectivity index (χ3n) is 3.82. The van der Waals surface area contributed by atoms with Gasteiger partial charge < -0.3 is 9.47 Å². The van der Waals surface area contributed by atoms with Crippen molar-refractivity contribution in [1.29, 1.82) is 0 Å². The number of methoxy groups -OCH3 is 2. The van der Waals surface area contributed by atoms with Crippen molar-refractivity contribution in [2.24, 2.45) is 0 Å². The maximum absolute atomic E-state index is 5.56. The Morgan fingerprint density at radius 3 is 2.05 bits per heavy atom. The molecule has 0 spiro atoms. The Kier molecular flexibility index (Phi) is 7.79. The monoisotopic (exact) mass is 302 g/mol. The fourth-order valence-corrected chi connectivity index (χ4v) is 2.41. The van der Waals surface area contributed by atoms with Gasteiger partial charge in [0, 0.05) is 5.56 Å². The summed E-state index contributed by atoms with van der Waals surface area (Å²) in [6, 6.07) is 4.23. The summed E-state index contributed by atoms with van der Waals surface area (Å²) in [6.45, 7) is 8.62. The number of allylic oxidation sites excluding steroid dienone is 4. The van der Waals surface area contributed by atoms with Crippen molar-refractivity contribution in [2.45, 2.75) is 53.4 Å². The Labute approximate surface area is 135 Å². The van der Waals surface area contributed by atoms with Crippen molar-refractivity contribution in [3.8, 4) is 11.5 Å². The smallest absolute Gasteiger partial charge is 0.126 e. The summed E-state index contributed by atoms with van der Waals surface area (Å²) >= 11 is 0. The topological polar surface area (TPSA) is 18.5 Å². The minimum absolute atomic E-state index is 0.844. The molecule has 0 heterocycles. The van der Waals surface area contributed by atoms with Crippen LogP contribution in [0.25, 0.3) is 0 Å². The molecule has 0 amide bonds. The first-order valence-electron chi connectivity index (χ1n) is 8.04. The van der Waals surface area contributed by atoms with Crippen LogP contribution in [0.1, 0.15) is 51.7 Å². The molecule has 0 saturated heterocycles. The Hall–Kier alpha value is -1.70. The molecule has 0 unspecified atom stereocenters. The third kappa shape index (κ3) is 5.59. The summed E-state index contributed by atoms with van der Waals surface area (Å²) in [5.41, 5.74) is 5.15. The lowest BCUT2D eigenvalue weighted by molar-refractivity contribution is 0.386. The molecule has 0 aliphatic heterocycles. The van der Waals surface area contributed by atoms with Gasteiger partial charge in [0.25, 0.3) is 0 Å². The van der Waals surface area contributed by atoms with Crippen LogP contribution in [0.5, 0.6) is 11.5 Å². The lowest BCUT2D eigenvalue weighted by Crippen LogP contribution is -1.98. The highest BCUT2D eigenvalue weighted by atomic mass is 16.5. The Morgan fingerprint density at radius 1 is 1.00 bits per heavy atom. The summed E-state index contributed by atoms with van der Waals surface area (Å²) in [5, 5.41) is 0. The Balaban J connectivity index is 2.89. The van der Waals surface area contributed by atoms with Crippen molar-refractivity contribution in [3.63, 3.8) is 0 Å². The largest absolute Gasteiger partial charge is 0.496 e. The summed E-state index contributed by atoms with van der Waals surface area (Å²) in [5.74, 6) is 1.84. The molecule has 1 aromatic carbocycles. The van der Waals surface area contributed by atoms with Crippen LogP contribution in [0.2, 0.25) is 0 Å². The Bertz CT molecular complexity index is 510. The zero-order chi connectivity index (χ0) is 16.5. The fraction of sp³-hybridized carbons (Fsp3) is 0.500. The van der Waals surface area contributed by atoms with E-state index in [1.54, 1.807) is 14.2 Å². The zero-order valence-corrected chi connectivity index (χ0v) is 15.0. The van der Waals surface area contributed by atoms with Crippen LogP contribution in [0.3, 0.4) is 0 Å². The lowest BCUT2D eigenvalue weighted by atomic mass is 10.0. The molecule has 0 atom stereocenters. The number of hydrogen-bond donors (Lipinski definition) is 0. The maximum Gasteiger partial charge on any atom is 0.126 e. The molecule has 1 aromatic rings. The molecular weight excluding hydrogens is 272 g/mol. The van der Waals surface area contributed by atoms with Crippen molar-refractivity contribution >= 4 is 0 Å². The van der Waals surface area contributed by atoms with E-state index < -0.39 is 0 Å². The fourth-order valence-electron chi connectivity index (χ4n) is 2.41. The van der Waals surface area contributed by atoms with Crippen molar-refractivity contribution in [2.75, 3.05) is 14.2 Å². The average molecular weight is 302 g/mol. The van der Waals surface area contributed by atoms with E-state index in [2.05, 4.69) is 52.0 Å². The molecule has 0 aliphatic rings. The molecule has 0 aromatic heterocycles. The lowest BCUT2D eigenvalue weighted by Gasteiger charge is -2.14. The molecule has 0 N–H and O–H groups in total. The molecule has 0 aliphatic carbocycles. The van der Waals surface area contributed by atoms with E-state index in [1.807, 2.05) is 0 Å². The van der Waals surface area contributed by atoms with Crippen LogP contribution < -0.4 is 9.47 Å². The second-order valence-electron chi connectivity index (χ2n) is 5.91.